The fraction of sp³-hybridized carbons (Fsp3) is 0.545. The molecule has 4 N–H and O–H groups in total. The summed E-state index contributed by atoms with van der Waals surface area (Å²) in [5.74, 6) is 0.528. The maximum Gasteiger partial charge on any atom is 0.155 e. The molecule has 1 fully saturated rings. The normalized spacial score (nSPS) is 38.7. The number of ether oxygens (including phenoxy) is 1. The number of aliphatic hydroxyl groups excluding tert-OH is 2. The fourth-order valence-electron chi connectivity index (χ4n) is 2.03. The third kappa shape index (κ3) is 2.23. The third-order valence-electron chi connectivity index (χ3n) is 3.20. The van der Waals surface area contributed by atoms with E-state index in [9.17, 15) is 14.6 Å². The summed E-state index contributed by atoms with van der Waals surface area (Å²) < 4.78 is 18.5. The van der Waals surface area contributed by atoms with Crippen LogP contribution in [-0.2, 0) is 4.74 Å². The van der Waals surface area contributed by atoms with Crippen LogP contribution in [0.15, 0.2) is 29.7 Å². The first-order valence-electron chi connectivity index (χ1n) is 5.61. The molecule has 1 saturated heterocycles. The van der Waals surface area contributed by atoms with E-state index in [-0.39, 0.29) is 11.7 Å². The minimum atomic E-state index is -1.72. The van der Waals surface area contributed by atoms with Crippen LogP contribution in [0, 0.1) is 0 Å². The first kappa shape index (κ1) is 14.3. The van der Waals surface area contributed by atoms with Gasteiger partial charge in [0.25, 0.3) is 0 Å². The van der Waals surface area contributed by atoms with Gasteiger partial charge in [0.05, 0.1) is 6.61 Å². The van der Waals surface area contributed by atoms with Gasteiger partial charge in [0, 0.05) is 6.20 Å². The molecule has 0 aromatic rings. The predicted molar refractivity (Wildman–Crippen MR) is 68.1 cm³/mol. The molecule has 19 heavy (non-hydrogen) atoms. The lowest BCUT2D eigenvalue weighted by molar-refractivity contribution is -0.142. The SMILES string of the molecule is C=C1N=C(N)C=CN1[C@@H]1O[C@@](CO)(CF)[C@@H](O)[C@H]1Cl. The Morgan fingerprint density at radius 2 is 2.37 bits per heavy atom. The van der Waals surface area contributed by atoms with Crippen LogP contribution in [-0.4, -0.2) is 57.5 Å². The summed E-state index contributed by atoms with van der Waals surface area (Å²) in [6.07, 6.45) is 0.796. The van der Waals surface area contributed by atoms with Crippen molar-refractivity contribution in [2.75, 3.05) is 13.3 Å². The second-order valence-corrected chi connectivity index (χ2v) is 4.93. The monoisotopic (exact) mass is 291 g/mol. The van der Waals surface area contributed by atoms with E-state index in [0.29, 0.717) is 0 Å². The van der Waals surface area contributed by atoms with Gasteiger partial charge in [-0.25, -0.2) is 9.38 Å². The predicted octanol–water partition coefficient (Wildman–Crippen LogP) is -0.331. The molecule has 0 unspecified atom stereocenters. The van der Waals surface area contributed by atoms with E-state index in [1.807, 2.05) is 0 Å². The molecule has 0 aromatic carbocycles. The fourth-order valence-corrected chi connectivity index (χ4v) is 2.44. The third-order valence-corrected chi connectivity index (χ3v) is 3.65. The van der Waals surface area contributed by atoms with Crippen molar-refractivity contribution in [1.82, 2.24) is 4.90 Å². The van der Waals surface area contributed by atoms with Gasteiger partial charge in [-0.3, -0.25) is 0 Å². The van der Waals surface area contributed by atoms with Crippen molar-refractivity contribution < 1.29 is 19.3 Å². The zero-order chi connectivity index (χ0) is 14.2. The van der Waals surface area contributed by atoms with E-state index in [2.05, 4.69) is 11.6 Å². The van der Waals surface area contributed by atoms with Crippen LogP contribution >= 0.6 is 11.6 Å². The average Bonchev–Trinajstić information content (AvgIpc) is 2.64. The highest BCUT2D eigenvalue weighted by molar-refractivity contribution is 6.21. The number of nitrogens with zero attached hydrogens (tertiary/aromatic N) is 2. The molecule has 0 spiro atoms. The molecule has 2 aliphatic rings. The lowest BCUT2D eigenvalue weighted by atomic mass is 9.99. The quantitative estimate of drug-likeness (QED) is 0.619. The molecule has 6 nitrogen and oxygen atoms in total. The summed E-state index contributed by atoms with van der Waals surface area (Å²) in [6.45, 7) is 1.94. The molecule has 0 saturated carbocycles. The van der Waals surface area contributed by atoms with Gasteiger partial charge in [-0.15, -0.1) is 11.6 Å². The summed E-state index contributed by atoms with van der Waals surface area (Å²) in [5.41, 5.74) is 3.78. The number of nitrogens with two attached hydrogens (primary N) is 1. The van der Waals surface area contributed by atoms with E-state index < -0.39 is 36.6 Å². The Morgan fingerprint density at radius 3 is 2.84 bits per heavy atom. The number of aliphatic hydroxyl groups is 2. The number of hydrogen-bond donors (Lipinski definition) is 3. The second-order valence-electron chi connectivity index (χ2n) is 4.43. The Balaban J connectivity index is 2.24. The van der Waals surface area contributed by atoms with Gasteiger partial charge in [0.15, 0.2) is 6.23 Å². The minimum Gasteiger partial charge on any atom is -0.393 e. The maximum atomic E-state index is 13.1. The van der Waals surface area contributed by atoms with E-state index >= 15 is 0 Å². The first-order valence-corrected chi connectivity index (χ1v) is 6.05. The Kier molecular flexibility index (Phi) is 3.82. The lowest BCUT2D eigenvalue weighted by Crippen LogP contribution is -2.47. The summed E-state index contributed by atoms with van der Waals surface area (Å²) >= 11 is 6.06. The number of rotatable bonds is 3. The molecule has 2 aliphatic heterocycles. The van der Waals surface area contributed by atoms with Crippen molar-refractivity contribution in [2.24, 2.45) is 10.7 Å². The van der Waals surface area contributed by atoms with Gasteiger partial charge < -0.3 is 25.6 Å². The smallest absolute Gasteiger partial charge is 0.155 e. The molecule has 2 heterocycles. The molecular weight excluding hydrogens is 277 g/mol. The minimum absolute atomic E-state index is 0.260. The molecular formula is C11H15ClFN3O3. The topological polar surface area (TPSA) is 91.3 Å². The van der Waals surface area contributed by atoms with Gasteiger partial charge >= 0.3 is 0 Å². The molecule has 0 bridgehead atoms. The molecule has 0 aliphatic carbocycles. The van der Waals surface area contributed by atoms with Crippen LogP contribution in [0.5, 0.6) is 0 Å². The molecule has 0 radical (unpaired) electrons. The average molecular weight is 292 g/mol. The molecule has 0 aromatic heterocycles. The molecule has 4 atom stereocenters. The molecule has 2 rings (SSSR count). The first-order chi connectivity index (χ1) is 8.95. The van der Waals surface area contributed by atoms with Gasteiger partial charge in [0.1, 0.15) is 35.4 Å². The van der Waals surface area contributed by atoms with E-state index in [1.165, 1.54) is 17.2 Å². The van der Waals surface area contributed by atoms with Crippen LogP contribution in [0.4, 0.5) is 4.39 Å². The zero-order valence-electron chi connectivity index (χ0n) is 10.0. The van der Waals surface area contributed by atoms with Gasteiger partial charge in [0.2, 0.25) is 0 Å². The Labute approximate surface area is 114 Å². The van der Waals surface area contributed by atoms with Crippen molar-refractivity contribution in [1.29, 1.82) is 0 Å². The number of amidine groups is 1. The van der Waals surface area contributed by atoms with Gasteiger partial charge in [-0.05, 0) is 6.08 Å². The Bertz CT molecular complexity index is 439. The highest BCUT2D eigenvalue weighted by atomic mass is 35.5. The standard InChI is InChI=1S/C11H15ClFN3O3/c1-6-15-7(14)2-3-16(6)10-8(12)9(18)11(4-13,5-17)19-10/h2-3,8-10,17-18H,1,4-5H2,(H2,14,15)/t8-,9+,10-,11-/m1/s1. The van der Waals surface area contributed by atoms with Gasteiger partial charge in [-0.1, -0.05) is 6.58 Å². The Morgan fingerprint density at radius 1 is 1.68 bits per heavy atom. The maximum absolute atomic E-state index is 13.1. The molecule has 8 heteroatoms. The van der Waals surface area contributed by atoms with Gasteiger partial charge in [-0.2, -0.15) is 0 Å². The molecule has 0 amide bonds. The summed E-state index contributed by atoms with van der Waals surface area (Å²) in [6, 6.07) is 0. The number of hydrogen-bond acceptors (Lipinski definition) is 6. The van der Waals surface area contributed by atoms with Crippen LogP contribution in [0.25, 0.3) is 0 Å². The summed E-state index contributed by atoms with van der Waals surface area (Å²) in [4.78, 5) is 5.36. The van der Waals surface area contributed by atoms with Crippen LogP contribution in [0.2, 0.25) is 0 Å². The lowest BCUT2D eigenvalue weighted by Gasteiger charge is -2.31. The van der Waals surface area contributed by atoms with Crippen molar-refractivity contribution in [3.8, 4) is 0 Å². The highest BCUT2D eigenvalue weighted by Gasteiger charge is 2.56. The number of alkyl halides is 2. The van der Waals surface area contributed by atoms with Crippen LogP contribution in [0.3, 0.4) is 0 Å². The van der Waals surface area contributed by atoms with E-state index in [1.54, 1.807) is 0 Å². The number of halogens is 2. The second kappa shape index (κ2) is 5.09. The number of aliphatic imine (C=N–C) groups is 1. The van der Waals surface area contributed by atoms with Crippen LogP contribution < -0.4 is 5.73 Å². The van der Waals surface area contributed by atoms with Crippen molar-refractivity contribution >= 4 is 17.4 Å². The summed E-state index contributed by atoms with van der Waals surface area (Å²) in [7, 11) is 0. The molecule has 106 valence electrons. The summed E-state index contributed by atoms with van der Waals surface area (Å²) in [5, 5.41) is 18.2. The van der Waals surface area contributed by atoms with E-state index in [4.69, 9.17) is 22.1 Å². The van der Waals surface area contributed by atoms with Crippen molar-refractivity contribution in [3.05, 3.63) is 24.7 Å². The Hall–Kier alpha value is -1.15. The largest absolute Gasteiger partial charge is 0.393 e. The van der Waals surface area contributed by atoms with Crippen LogP contribution in [0.1, 0.15) is 0 Å². The highest BCUT2D eigenvalue weighted by Crippen LogP contribution is 2.38. The van der Waals surface area contributed by atoms with Crippen molar-refractivity contribution in [3.63, 3.8) is 0 Å². The van der Waals surface area contributed by atoms with Crippen molar-refractivity contribution in [2.45, 2.75) is 23.3 Å². The zero-order valence-corrected chi connectivity index (χ0v) is 10.8. The van der Waals surface area contributed by atoms with E-state index in [0.717, 1.165) is 0 Å².